The van der Waals surface area contributed by atoms with Crippen molar-refractivity contribution in [2.75, 3.05) is 18.1 Å². The fraction of sp³-hybridized carbons (Fsp3) is 0.615. The van der Waals surface area contributed by atoms with Gasteiger partial charge in [0, 0.05) is 12.2 Å². The molecule has 0 radical (unpaired) electrons. The molecule has 0 bridgehead atoms. The van der Waals surface area contributed by atoms with Gasteiger partial charge in [0.2, 0.25) is 0 Å². The molecule has 2 rings (SSSR count). The molecule has 1 aliphatic heterocycles. The van der Waals surface area contributed by atoms with Crippen molar-refractivity contribution in [3.8, 4) is 5.75 Å². The molecule has 1 aromatic rings. The van der Waals surface area contributed by atoms with E-state index in [1.807, 2.05) is 13.0 Å². The van der Waals surface area contributed by atoms with Gasteiger partial charge in [-0.05, 0) is 37.3 Å². The van der Waals surface area contributed by atoms with Gasteiger partial charge in [-0.25, -0.2) is 8.42 Å². The smallest absolute Gasteiger partial charge is 0.150 e. The largest absolute Gasteiger partial charge is 0.492 e. The highest BCUT2D eigenvalue weighted by atomic mass is 32.2. The fourth-order valence-corrected chi connectivity index (χ4v) is 4.32. The van der Waals surface area contributed by atoms with Gasteiger partial charge in [0.25, 0.3) is 0 Å². The van der Waals surface area contributed by atoms with Crippen molar-refractivity contribution in [1.29, 1.82) is 0 Å². The molecule has 19 heavy (non-hydrogen) atoms. The van der Waals surface area contributed by atoms with Gasteiger partial charge >= 0.3 is 0 Å². The number of pyridine rings is 1. The third-order valence-electron chi connectivity index (χ3n) is 3.39. The van der Waals surface area contributed by atoms with Crippen LogP contribution in [0.5, 0.6) is 5.75 Å². The Morgan fingerprint density at radius 1 is 1.53 bits per heavy atom. The Morgan fingerprint density at radius 3 is 2.95 bits per heavy atom. The van der Waals surface area contributed by atoms with Crippen molar-refractivity contribution >= 4 is 9.84 Å². The van der Waals surface area contributed by atoms with Crippen LogP contribution in [0.1, 0.15) is 31.4 Å². The quantitative estimate of drug-likeness (QED) is 0.881. The van der Waals surface area contributed by atoms with Crippen molar-refractivity contribution in [2.24, 2.45) is 11.7 Å². The summed E-state index contributed by atoms with van der Waals surface area (Å²) in [5, 5.41) is 0. The van der Waals surface area contributed by atoms with E-state index in [0.717, 1.165) is 5.56 Å². The van der Waals surface area contributed by atoms with E-state index in [1.165, 1.54) is 0 Å². The van der Waals surface area contributed by atoms with Crippen LogP contribution in [0.25, 0.3) is 0 Å². The van der Waals surface area contributed by atoms with Crippen LogP contribution < -0.4 is 10.5 Å². The van der Waals surface area contributed by atoms with Crippen molar-refractivity contribution < 1.29 is 13.2 Å². The fourth-order valence-electron chi connectivity index (χ4n) is 2.44. The SMILES string of the molecule is CCOc1cncc(C(N)CC2CCS(=O)(=O)C2)c1. The van der Waals surface area contributed by atoms with Gasteiger partial charge in [0.15, 0.2) is 9.84 Å². The molecule has 2 unspecified atom stereocenters. The summed E-state index contributed by atoms with van der Waals surface area (Å²) in [5.41, 5.74) is 7.04. The molecule has 0 amide bonds. The first kappa shape index (κ1) is 14.3. The number of sulfone groups is 1. The van der Waals surface area contributed by atoms with E-state index in [1.54, 1.807) is 12.4 Å². The molecule has 5 nitrogen and oxygen atoms in total. The highest BCUT2D eigenvalue weighted by Crippen LogP contribution is 2.28. The minimum Gasteiger partial charge on any atom is -0.492 e. The van der Waals surface area contributed by atoms with Gasteiger partial charge in [-0.2, -0.15) is 0 Å². The molecular weight excluding hydrogens is 264 g/mol. The monoisotopic (exact) mass is 284 g/mol. The molecule has 0 aliphatic carbocycles. The summed E-state index contributed by atoms with van der Waals surface area (Å²) in [6, 6.07) is 1.69. The van der Waals surface area contributed by atoms with Crippen LogP contribution >= 0.6 is 0 Å². The van der Waals surface area contributed by atoms with E-state index in [2.05, 4.69) is 4.98 Å². The lowest BCUT2D eigenvalue weighted by Crippen LogP contribution is -2.16. The normalized spacial score (nSPS) is 23.2. The van der Waals surface area contributed by atoms with Crippen LogP contribution in [-0.2, 0) is 9.84 Å². The Morgan fingerprint density at radius 2 is 2.32 bits per heavy atom. The van der Waals surface area contributed by atoms with Gasteiger partial charge in [0.05, 0.1) is 24.3 Å². The Labute approximate surface area is 114 Å². The first-order chi connectivity index (χ1) is 9.00. The number of hydrogen-bond donors (Lipinski definition) is 1. The third kappa shape index (κ3) is 3.91. The highest BCUT2D eigenvalue weighted by molar-refractivity contribution is 7.91. The van der Waals surface area contributed by atoms with Gasteiger partial charge in [0.1, 0.15) is 5.75 Å². The van der Waals surface area contributed by atoms with Gasteiger partial charge in [-0.15, -0.1) is 0 Å². The molecule has 1 saturated heterocycles. The van der Waals surface area contributed by atoms with Crippen molar-refractivity contribution in [3.63, 3.8) is 0 Å². The minimum absolute atomic E-state index is 0.163. The molecule has 0 aromatic carbocycles. The van der Waals surface area contributed by atoms with Crippen LogP contribution in [0.4, 0.5) is 0 Å². The molecule has 0 spiro atoms. The summed E-state index contributed by atoms with van der Waals surface area (Å²) in [6.45, 7) is 2.50. The number of nitrogens with zero attached hydrogens (tertiary/aromatic N) is 1. The van der Waals surface area contributed by atoms with E-state index < -0.39 is 9.84 Å². The maximum absolute atomic E-state index is 11.4. The summed E-state index contributed by atoms with van der Waals surface area (Å²) >= 11 is 0. The number of hydrogen-bond acceptors (Lipinski definition) is 5. The molecule has 1 aliphatic rings. The van der Waals surface area contributed by atoms with Crippen molar-refractivity contribution in [2.45, 2.75) is 25.8 Å². The maximum atomic E-state index is 11.4. The molecular formula is C13H20N2O3S. The van der Waals surface area contributed by atoms with Gasteiger partial charge in [-0.3, -0.25) is 4.98 Å². The molecule has 106 valence electrons. The van der Waals surface area contributed by atoms with Gasteiger partial charge < -0.3 is 10.5 Å². The minimum atomic E-state index is -2.84. The van der Waals surface area contributed by atoms with E-state index in [-0.39, 0.29) is 17.7 Å². The predicted octanol–water partition coefficient (Wildman–Crippen LogP) is 1.30. The van der Waals surface area contributed by atoms with E-state index in [0.29, 0.717) is 31.0 Å². The van der Waals surface area contributed by atoms with E-state index in [9.17, 15) is 8.42 Å². The molecule has 0 saturated carbocycles. The van der Waals surface area contributed by atoms with Crippen LogP contribution in [0.3, 0.4) is 0 Å². The topological polar surface area (TPSA) is 82.3 Å². The summed E-state index contributed by atoms with van der Waals surface area (Å²) in [5.74, 6) is 1.42. The molecule has 1 fully saturated rings. The Hall–Kier alpha value is -1.14. The zero-order valence-electron chi connectivity index (χ0n) is 11.1. The second-order valence-corrected chi connectivity index (χ2v) is 7.23. The van der Waals surface area contributed by atoms with E-state index >= 15 is 0 Å². The van der Waals surface area contributed by atoms with Crippen LogP contribution in [0.2, 0.25) is 0 Å². The van der Waals surface area contributed by atoms with Crippen molar-refractivity contribution in [1.82, 2.24) is 4.98 Å². The van der Waals surface area contributed by atoms with Gasteiger partial charge in [-0.1, -0.05) is 0 Å². The van der Waals surface area contributed by atoms with Crippen molar-refractivity contribution in [3.05, 3.63) is 24.0 Å². The molecule has 2 atom stereocenters. The standard InChI is InChI=1S/C13H20N2O3S/c1-2-18-12-6-11(7-15-8-12)13(14)5-10-3-4-19(16,17)9-10/h6-8,10,13H,2-5,9,14H2,1H3. The average Bonchev–Trinajstić information content (AvgIpc) is 2.69. The molecule has 6 heteroatoms. The lowest BCUT2D eigenvalue weighted by molar-refractivity contribution is 0.338. The predicted molar refractivity (Wildman–Crippen MR) is 73.7 cm³/mol. The van der Waals surface area contributed by atoms with Crippen LogP contribution in [-0.4, -0.2) is 31.5 Å². The molecule has 2 heterocycles. The zero-order valence-corrected chi connectivity index (χ0v) is 11.9. The highest BCUT2D eigenvalue weighted by Gasteiger charge is 2.29. The first-order valence-corrected chi connectivity index (χ1v) is 8.36. The second-order valence-electron chi connectivity index (χ2n) is 5.00. The first-order valence-electron chi connectivity index (χ1n) is 6.54. The molecule has 2 N–H and O–H groups in total. The Kier molecular flexibility index (Phi) is 4.42. The lowest BCUT2D eigenvalue weighted by atomic mass is 9.96. The Balaban J connectivity index is 2.00. The average molecular weight is 284 g/mol. The number of nitrogens with two attached hydrogens (primary N) is 1. The Bertz CT molecular complexity index is 530. The molecule has 1 aromatic heterocycles. The summed E-state index contributed by atoms with van der Waals surface area (Å²) < 4.78 is 28.2. The van der Waals surface area contributed by atoms with Crippen LogP contribution in [0, 0.1) is 5.92 Å². The second kappa shape index (κ2) is 5.88. The summed E-state index contributed by atoms with van der Waals surface area (Å²) in [4.78, 5) is 4.10. The number of aromatic nitrogens is 1. The van der Waals surface area contributed by atoms with Crippen LogP contribution in [0.15, 0.2) is 18.5 Å². The maximum Gasteiger partial charge on any atom is 0.150 e. The number of rotatable bonds is 5. The number of ether oxygens (including phenoxy) is 1. The van der Waals surface area contributed by atoms with E-state index in [4.69, 9.17) is 10.5 Å². The summed E-state index contributed by atoms with van der Waals surface area (Å²) in [7, 11) is -2.84. The summed E-state index contributed by atoms with van der Waals surface area (Å²) in [6.07, 6.45) is 4.77. The third-order valence-corrected chi connectivity index (χ3v) is 5.22. The zero-order chi connectivity index (χ0) is 13.9. The lowest BCUT2D eigenvalue weighted by Gasteiger charge is -2.16.